The third-order valence-electron chi connectivity index (χ3n) is 3.65. The van der Waals surface area contributed by atoms with Crippen LogP contribution in [0.3, 0.4) is 0 Å². The number of benzene rings is 1. The first-order valence-corrected chi connectivity index (χ1v) is 7.73. The standard InChI is InChI=1S/C16H16BrN3O/c17-14-4-1-5-15(11-14)19-7-9-20(10-8-19)16(21)13-3-2-6-18-12-13/h1-6,11-12H,7-10H2. The fraction of sp³-hybridized carbons (Fsp3) is 0.250. The largest absolute Gasteiger partial charge is 0.368 e. The molecule has 108 valence electrons. The van der Waals surface area contributed by atoms with Gasteiger partial charge in [0, 0.05) is 48.7 Å². The van der Waals surface area contributed by atoms with Gasteiger partial charge in [0.15, 0.2) is 0 Å². The molecule has 1 aliphatic heterocycles. The van der Waals surface area contributed by atoms with E-state index in [4.69, 9.17) is 0 Å². The lowest BCUT2D eigenvalue weighted by Gasteiger charge is -2.36. The van der Waals surface area contributed by atoms with E-state index in [1.54, 1.807) is 18.5 Å². The summed E-state index contributed by atoms with van der Waals surface area (Å²) >= 11 is 3.50. The summed E-state index contributed by atoms with van der Waals surface area (Å²) in [6.07, 6.45) is 3.31. The minimum absolute atomic E-state index is 0.0667. The molecule has 2 heterocycles. The summed E-state index contributed by atoms with van der Waals surface area (Å²) < 4.78 is 1.08. The van der Waals surface area contributed by atoms with Crippen LogP contribution in [0.15, 0.2) is 53.3 Å². The summed E-state index contributed by atoms with van der Waals surface area (Å²) in [7, 11) is 0. The monoisotopic (exact) mass is 345 g/mol. The Hall–Kier alpha value is -1.88. The number of carbonyl (C=O) groups excluding carboxylic acids is 1. The van der Waals surface area contributed by atoms with Crippen LogP contribution in [0.1, 0.15) is 10.4 Å². The zero-order valence-electron chi connectivity index (χ0n) is 11.6. The van der Waals surface area contributed by atoms with Crippen molar-refractivity contribution in [3.63, 3.8) is 0 Å². The lowest BCUT2D eigenvalue weighted by molar-refractivity contribution is 0.0746. The van der Waals surface area contributed by atoms with Crippen molar-refractivity contribution in [2.75, 3.05) is 31.1 Å². The van der Waals surface area contributed by atoms with E-state index in [-0.39, 0.29) is 5.91 Å². The molecule has 1 saturated heterocycles. The van der Waals surface area contributed by atoms with Crippen molar-refractivity contribution in [1.82, 2.24) is 9.88 Å². The smallest absolute Gasteiger partial charge is 0.255 e. The van der Waals surface area contributed by atoms with Gasteiger partial charge in [-0.1, -0.05) is 22.0 Å². The number of anilines is 1. The van der Waals surface area contributed by atoms with E-state index in [9.17, 15) is 4.79 Å². The zero-order chi connectivity index (χ0) is 14.7. The third-order valence-corrected chi connectivity index (χ3v) is 4.14. The molecule has 0 N–H and O–H groups in total. The Labute approximate surface area is 132 Å². The van der Waals surface area contributed by atoms with Crippen molar-refractivity contribution in [1.29, 1.82) is 0 Å². The highest BCUT2D eigenvalue weighted by atomic mass is 79.9. The van der Waals surface area contributed by atoms with Crippen molar-refractivity contribution in [3.8, 4) is 0 Å². The number of amides is 1. The Balaban J connectivity index is 1.64. The van der Waals surface area contributed by atoms with Gasteiger partial charge < -0.3 is 9.80 Å². The maximum atomic E-state index is 12.4. The van der Waals surface area contributed by atoms with Crippen molar-refractivity contribution in [3.05, 3.63) is 58.8 Å². The van der Waals surface area contributed by atoms with Crippen LogP contribution in [0.5, 0.6) is 0 Å². The Morgan fingerprint density at radius 3 is 2.57 bits per heavy atom. The van der Waals surface area contributed by atoms with E-state index >= 15 is 0 Å². The number of carbonyl (C=O) groups is 1. The SMILES string of the molecule is O=C(c1cccnc1)N1CCN(c2cccc(Br)c2)CC1. The van der Waals surface area contributed by atoms with Gasteiger partial charge in [-0.05, 0) is 30.3 Å². The first kappa shape index (κ1) is 14.1. The maximum Gasteiger partial charge on any atom is 0.255 e. The van der Waals surface area contributed by atoms with Crippen LogP contribution >= 0.6 is 15.9 Å². The predicted molar refractivity (Wildman–Crippen MR) is 86.5 cm³/mol. The average molecular weight is 346 g/mol. The van der Waals surface area contributed by atoms with Crippen LogP contribution < -0.4 is 4.90 Å². The Bertz CT molecular complexity index is 624. The highest BCUT2D eigenvalue weighted by Gasteiger charge is 2.22. The topological polar surface area (TPSA) is 36.4 Å². The van der Waals surface area contributed by atoms with Gasteiger partial charge >= 0.3 is 0 Å². The van der Waals surface area contributed by atoms with Crippen LogP contribution in [0, 0.1) is 0 Å². The van der Waals surface area contributed by atoms with Gasteiger partial charge in [0.1, 0.15) is 0 Å². The third kappa shape index (κ3) is 3.24. The molecule has 0 radical (unpaired) electrons. The molecule has 3 rings (SSSR count). The summed E-state index contributed by atoms with van der Waals surface area (Å²) in [5.41, 5.74) is 1.85. The summed E-state index contributed by atoms with van der Waals surface area (Å²) in [6, 6.07) is 11.9. The first-order valence-electron chi connectivity index (χ1n) is 6.94. The van der Waals surface area contributed by atoms with E-state index in [0.717, 1.165) is 30.7 Å². The molecule has 1 amide bonds. The molecule has 1 fully saturated rings. The zero-order valence-corrected chi connectivity index (χ0v) is 13.2. The lowest BCUT2D eigenvalue weighted by Crippen LogP contribution is -2.48. The van der Waals surface area contributed by atoms with Crippen molar-refractivity contribution >= 4 is 27.5 Å². The Kier molecular flexibility index (Phi) is 4.20. The Morgan fingerprint density at radius 2 is 1.90 bits per heavy atom. The van der Waals surface area contributed by atoms with E-state index in [1.165, 1.54) is 5.69 Å². The van der Waals surface area contributed by atoms with E-state index in [1.807, 2.05) is 23.1 Å². The quantitative estimate of drug-likeness (QED) is 0.839. The second kappa shape index (κ2) is 6.26. The molecule has 0 spiro atoms. The molecule has 0 saturated carbocycles. The molecule has 0 aliphatic carbocycles. The van der Waals surface area contributed by atoms with E-state index < -0.39 is 0 Å². The number of hydrogen-bond acceptors (Lipinski definition) is 3. The van der Waals surface area contributed by atoms with E-state index in [0.29, 0.717) is 5.56 Å². The fourth-order valence-electron chi connectivity index (χ4n) is 2.51. The average Bonchev–Trinajstić information content (AvgIpc) is 2.55. The summed E-state index contributed by atoms with van der Waals surface area (Å²) in [5, 5.41) is 0. The second-order valence-electron chi connectivity index (χ2n) is 5.00. The Morgan fingerprint density at radius 1 is 1.10 bits per heavy atom. The van der Waals surface area contributed by atoms with Gasteiger partial charge in [-0.15, -0.1) is 0 Å². The van der Waals surface area contributed by atoms with Crippen LogP contribution in [0.25, 0.3) is 0 Å². The number of hydrogen-bond donors (Lipinski definition) is 0. The van der Waals surface area contributed by atoms with Gasteiger partial charge in [-0.3, -0.25) is 9.78 Å². The van der Waals surface area contributed by atoms with Crippen LogP contribution in [0.2, 0.25) is 0 Å². The van der Waals surface area contributed by atoms with Crippen LogP contribution in [-0.4, -0.2) is 42.0 Å². The number of aromatic nitrogens is 1. The predicted octanol–water partition coefficient (Wildman–Crippen LogP) is 2.81. The number of halogens is 1. The molecular weight excluding hydrogens is 330 g/mol. The van der Waals surface area contributed by atoms with Crippen molar-refractivity contribution in [2.24, 2.45) is 0 Å². The van der Waals surface area contributed by atoms with Crippen LogP contribution in [0.4, 0.5) is 5.69 Å². The number of pyridine rings is 1. The maximum absolute atomic E-state index is 12.4. The molecular formula is C16H16BrN3O. The molecule has 0 unspecified atom stereocenters. The number of piperazine rings is 1. The summed E-state index contributed by atoms with van der Waals surface area (Å²) in [5.74, 6) is 0.0667. The molecule has 2 aromatic rings. The van der Waals surface area contributed by atoms with E-state index in [2.05, 4.69) is 37.9 Å². The normalized spacial score (nSPS) is 15.1. The molecule has 1 aromatic carbocycles. The summed E-state index contributed by atoms with van der Waals surface area (Å²) in [6.45, 7) is 3.17. The van der Waals surface area contributed by atoms with Gasteiger partial charge in [0.05, 0.1) is 5.56 Å². The minimum Gasteiger partial charge on any atom is -0.368 e. The number of rotatable bonds is 2. The molecule has 1 aromatic heterocycles. The minimum atomic E-state index is 0.0667. The van der Waals surface area contributed by atoms with Gasteiger partial charge in [-0.25, -0.2) is 0 Å². The molecule has 1 aliphatic rings. The molecule has 5 heteroatoms. The lowest BCUT2D eigenvalue weighted by atomic mass is 10.2. The molecule has 4 nitrogen and oxygen atoms in total. The molecule has 0 bridgehead atoms. The van der Waals surface area contributed by atoms with Gasteiger partial charge in [-0.2, -0.15) is 0 Å². The fourth-order valence-corrected chi connectivity index (χ4v) is 2.90. The first-order chi connectivity index (χ1) is 10.2. The molecule has 0 atom stereocenters. The van der Waals surface area contributed by atoms with Crippen molar-refractivity contribution < 1.29 is 4.79 Å². The number of nitrogens with zero attached hydrogens (tertiary/aromatic N) is 3. The highest BCUT2D eigenvalue weighted by molar-refractivity contribution is 9.10. The van der Waals surface area contributed by atoms with Gasteiger partial charge in [0.25, 0.3) is 5.91 Å². The van der Waals surface area contributed by atoms with Crippen LogP contribution in [-0.2, 0) is 0 Å². The molecule has 21 heavy (non-hydrogen) atoms. The summed E-state index contributed by atoms with van der Waals surface area (Å²) in [4.78, 5) is 20.6. The highest BCUT2D eigenvalue weighted by Crippen LogP contribution is 2.21. The second-order valence-corrected chi connectivity index (χ2v) is 5.92. The van der Waals surface area contributed by atoms with Crippen molar-refractivity contribution in [2.45, 2.75) is 0 Å². The van der Waals surface area contributed by atoms with Gasteiger partial charge in [0.2, 0.25) is 0 Å².